The van der Waals surface area contributed by atoms with Gasteiger partial charge in [0.25, 0.3) is 0 Å². The van der Waals surface area contributed by atoms with Crippen LogP contribution in [0.15, 0.2) is 111 Å². The second-order valence-corrected chi connectivity index (χ2v) is 12.7. The Balaban J connectivity index is 1.79. The van der Waals surface area contributed by atoms with Crippen molar-refractivity contribution in [1.82, 2.24) is 0 Å². The zero-order valence-electron chi connectivity index (χ0n) is 22.0. The highest BCUT2D eigenvalue weighted by Gasteiger charge is 2.45. The van der Waals surface area contributed by atoms with Crippen LogP contribution in [-0.4, -0.2) is 20.4 Å². The summed E-state index contributed by atoms with van der Waals surface area (Å²) in [6.07, 6.45) is 2.54. The number of carbonyl (C=O) groups is 1. The fourth-order valence-electron chi connectivity index (χ4n) is 5.32. The van der Waals surface area contributed by atoms with E-state index in [-0.39, 0.29) is 16.1 Å². The Morgan fingerprint density at radius 3 is 2.27 bits per heavy atom. The maximum absolute atomic E-state index is 13.8. The van der Waals surface area contributed by atoms with Crippen molar-refractivity contribution >= 4 is 39.3 Å². The average Bonchev–Trinajstić information content (AvgIpc) is 2.91. The second-order valence-electron chi connectivity index (χ2n) is 10.7. The molecule has 1 heterocycles. The summed E-state index contributed by atoms with van der Waals surface area (Å²) < 4.78 is 23.9. The molecular formula is C31H27ClN4O3S. The molecule has 3 aromatic rings. The number of sulfonamides is 1. The van der Waals surface area contributed by atoms with E-state index in [0.29, 0.717) is 40.5 Å². The topological polar surface area (TPSA) is 117 Å². The molecule has 1 unspecified atom stereocenters. The van der Waals surface area contributed by atoms with Crippen LogP contribution in [0.3, 0.4) is 0 Å². The Hall–Kier alpha value is -4.03. The third-order valence-corrected chi connectivity index (χ3v) is 8.26. The van der Waals surface area contributed by atoms with Crippen molar-refractivity contribution in [2.75, 3.05) is 4.90 Å². The van der Waals surface area contributed by atoms with Gasteiger partial charge in [-0.2, -0.15) is 5.26 Å². The van der Waals surface area contributed by atoms with Gasteiger partial charge in [-0.25, -0.2) is 18.5 Å². The third kappa shape index (κ3) is 5.36. The minimum atomic E-state index is -3.91. The monoisotopic (exact) mass is 570 g/mol. The van der Waals surface area contributed by atoms with Gasteiger partial charge in [0.2, 0.25) is 10.0 Å². The number of anilines is 1. The van der Waals surface area contributed by atoms with Crippen LogP contribution in [0.1, 0.15) is 43.7 Å². The first-order valence-corrected chi connectivity index (χ1v) is 14.6. The van der Waals surface area contributed by atoms with E-state index in [1.54, 1.807) is 30.5 Å². The minimum Gasteiger partial charge on any atom is -0.298 e. The number of nitrogens with two attached hydrogens (primary N) is 1. The first kappa shape index (κ1) is 27.5. The number of benzene rings is 3. The number of Topliss-reactive ketones (excluding diaryl/α,β-unsaturated/α-hetero) is 1. The van der Waals surface area contributed by atoms with E-state index in [0.717, 1.165) is 16.8 Å². The first-order chi connectivity index (χ1) is 19.0. The molecule has 1 atom stereocenters. The van der Waals surface area contributed by atoms with Crippen LogP contribution < -0.4 is 10.0 Å². The van der Waals surface area contributed by atoms with Gasteiger partial charge in [0.05, 0.1) is 22.5 Å². The van der Waals surface area contributed by atoms with Crippen LogP contribution in [0, 0.1) is 16.7 Å². The predicted octanol–water partition coefficient (Wildman–Crippen LogP) is 6.09. The second kappa shape index (κ2) is 10.5. The lowest BCUT2D eigenvalue weighted by Crippen LogP contribution is -2.39. The number of ketones is 1. The van der Waals surface area contributed by atoms with Crippen molar-refractivity contribution in [3.8, 4) is 6.07 Å². The van der Waals surface area contributed by atoms with Gasteiger partial charge in [-0.15, -0.1) is 0 Å². The van der Waals surface area contributed by atoms with Crippen LogP contribution in [0.5, 0.6) is 0 Å². The normalized spacial score (nSPS) is 19.1. The van der Waals surface area contributed by atoms with Crippen LogP contribution in [0.4, 0.5) is 5.69 Å². The van der Waals surface area contributed by atoms with Crippen molar-refractivity contribution in [2.45, 2.75) is 37.5 Å². The molecule has 1 aliphatic carbocycles. The maximum Gasteiger partial charge on any atom is 0.238 e. The number of rotatable bonds is 5. The zero-order valence-corrected chi connectivity index (χ0v) is 23.6. The number of carbonyl (C=O) groups excluding carboxylic acids is 1. The maximum atomic E-state index is 13.8. The quantitative estimate of drug-likeness (QED) is 0.373. The van der Waals surface area contributed by atoms with Crippen LogP contribution in [0.25, 0.3) is 0 Å². The molecule has 0 spiro atoms. The molecule has 0 saturated heterocycles. The number of halogens is 1. The fraction of sp³-hybridized carbons (Fsp3) is 0.194. The van der Waals surface area contributed by atoms with Gasteiger partial charge in [0.15, 0.2) is 11.6 Å². The summed E-state index contributed by atoms with van der Waals surface area (Å²) >= 11 is 6.06. The molecule has 2 N–H and O–H groups in total. The lowest BCUT2D eigenvalue weighted by molar-refractivity contribution is -0.118. The van der Waals surface area contributed by atoms with Crippen molar-refractivity contribution in [3.63, 3.8) is 0 Å². The summed E-state index contributed by atoms with van der Waals surface area (Å²) in [5.74, 6) is -0.263. The molecule has 202 valence electrons. The van der Waals surface area contributed by atoms with Crippen molar-refractivity contribution < 1.29 is 13.2 Å². The number of aliphatic imine (C=N–C) groups is 1. The predicted molar refractivity (Wildman–Crippen MR) is 156 cm³/mol. The highest BCUT2D eigenvalue weighted by atomic mass is 35.5. The molecule has 0 amide bonds. The Labute approximate surface area is 239 Å². The van der Waals surface area contributed by atoms with E-state index in [4.69, 9.17) is 21.7 Å². The Kier molecular flexibility index (Phi) is 7.23. The number of hydrogen-bond acceptors (Lipinski definition) is 6. The van der Waals surface area contributed by atoms with E-state index in [2.05, 4.69) is 6.07 Å². The molecule has 3 aromatic carbocycles. The first-order valence-electron chi connectivity index (χ1n) is 12.7. The molecule has 0 fully saturated rings. The molecule has 5 rings (SSSR count). The average molecular weight is 571 g/mol. The Bertz CT molecular complexity index is 1720. The standard InChI is InChI=1S/C31H27ClN4O3S/c1-31(2)16-26-29(27(37)17-31)28(21-6-4-3-5-7-21)25(18-33)30(35-19-20-8-10-22(32)11-9-20)36(26)23-12-14-24(15-13-23)40(34,38)39/h3-15,19,28H,16-17H2,1-2H3,(H2,34,38,39)/b35-19+. The Morgan fingerprint density at radius 1 is 1.02 bits per heavy atom. The van der Waals surface area contributed by atoms with Crippen LogP contribution >= 0.6 is 11.6 Å². The van der Waals surface area contributed by atoms with E-state index in [9.17, 15) is 18.5 Å². The van der Waals surface area contributed by atoms with E-state index in [1.165, 1.54) is 12.1 Å². The van der Waals surface area contributed by atoms with Gasteiger partial charge in [-0.3, -0.25) is 9.69 Å². The van der Waals surface area contributed by atoms with Gasteiger partial charge < -0.3 is 0 Å². The molecule has 9 heteroatoms. The molecule has 2 aliphatic rings. The minimum absolute atomic E-state index is 0.0280. The van der Waals surface area contributed by atoms with Gasteiger partial charge in [0.1, 0.15) is 0 Å². The lowest BCUT2D eigenvalue weighted by Gasteiger charge is -2.43. The summed E-state index contributed by atoms with van der Waals surface area (Å²) in [4.78, 5) is 20.4. The summed E-state index contributed by atoms with van der Waals surface area (Å²) in [6.45, 7) is 4.07. The van der Waals surface area contributed by atoms with Crippen molar-refractivity contribution in [2.24, 2.45) is 15.5 Å². The molecule has 1 aliphatic heterocycles. The zero-order chi connectivity index (χ0) is 28.7. The molecular weight excluding hydrogens is 544 g/mol. The van der Waals surface area contributed by atoms with Crippen LogP contribution in [-0.2, 0) is 14.8 Å². The summed E-state index contributed by atoms with van der Waals surface area (Å²) in [6, 6.07) is 25.1. The smallest absolute Gasteiger partial charge is 0.238 e. The highest BCUT2D eigenvalue weighted by molar-refractivity contribution is 7.89. The van der Waals surface area contributed by atoms with E-state index < -0.39 is 15.9 Å². The summed E-state index contributed by atoms with van der Waals surface area (Å²) in [7, 11) is -3.91. The van der Waals surface area contributed by atoms with Crippen molar-refractivity contribution in [3.05, 3.63) is 118 Å². The SMILES string of the molecule is CC1(C)CC(=O)C2=C(C1)N(c1ccc(S(N)(=O)=O)cc1)C(/N=C/c1ccc(Cl)cc1)=C(C#N)C2c1ccccc1. The van der Waals surface area contributed by atoms with Gasteiger partial charge in [-0.1, -0.05) is 67.9 Å². The van der Waals surface area contributed by atoms with Gasteiger partial charge in [-0.05, 0) is 59.4 Å². The molecule has 0 aromatic heterocycles. The number of nitrogens with zero attached hydrogens (tertiary/aromatic N) is 3. The largest absolute Gasteiger partial charge is 0.298 e. The molecule has 0 radical (unpaired) electrons. The molecule has 40 heavy (non-hydrogen) atoms. The van der Waals surface area contributed by atoms with Crippen molar-refractivity contribution in [1.29, 1.82) is 5.26 Å². The van der Waals surface area contributed by atoms with Crippen LogP contribution in [0.2, 0.25) is 5.02 Å². The number of allylic oxidation sites excluding steroid dienone is 3. The van der Waals surface area contributed by atoms with Gasteiger partial charge in [0, 0.05) is 34.6 Å². The highest BCUT2D eigenvalue weighted by Crippen LogP contribution is 2.51. The third-order valence-electron chi connectivity index (χ3n) is 7.08. The lowest BCUT2D eigenvalue weighted by atomic mass is 9.68. The molecule has 7 nitrogen and oxygen atoms in total. The number of nitriles is 1. The van der Waals surface area contributed by atoms with Gasteiger partial charge >= 0.3 is 0 Å². The van der Waals surface area contributed by atoms with E-state index in [1.807, 2.05) is 61.2 Å². The molecule has 0 bridgehead atoms. The Morgan fingerprint density at radius 2 is 1.68 bits per heavy atom. The summed E-state index contributed by atoms with van der Waals surface area (Å²) in [5, 5.41) is 16.5. The fourth-order valence-corrected chi connectivity index (χ4v) is 5.96. The number of primary sulfonamides is 1. The number of hydrogen-bond donors (Lipinski definition) is 1. The molecule has 0 saturated carbocycles. The van der Waals surface area contributed by atoms with E-state index >= 15 is 0 Å². The summed E-state index contributed by atoms with van der Waals surface area (Å²) in [5.41, 5.74) is 3.43.